The summed E-state index contributed by atoms with van der Waals surface area (Å²) in [5.74, 6) is 0.723. The summed E-state index contributed by atoms with van der Waals surface area (Å²) in [6, 6.07) is 0. The molecule has 2 fully saturated rings. The lowest BCUT2D eigenvalue weighted by molar-refractivity contribution is -0.181. The zero-order valence-corrected chi connectivity index (χ0v) is 7.14. The van der Waals surface area contributed by atoms with Crippen LogP contribution in [0.5, 0.6) is 0 Å². The molecule has 1 heterocycles. The summed E-state index contributed by atoms with van der Waals surface area (Å²) in [5.41, 5.74) is 0. The highest BCUT2D eigenvalue weighted by molar-refractivity contribution is 4.80. The van der Waals surface area contributed by atoms with Crippen LogP contribution in [0.4, 0.5) is 0 Å². The average molecular weight is 156 g/mol. The second-order valence-electron chi connectivity index (χ2n) is 3.79. The van der Waals surface area contributed by atoms with E-state index >= 15 is 0 Å². The van der Waals surface area contributed by atoms with Crippen LogP contribution < -0.4 is 0 Å². The maximum atomic E-state index is 5.61. The van der Waals surface area contributed by atoms with Crippen LogP contribution >= 0.6 is 0 Å². The number of ether oxygens (including phenoxy) is 2. The van der Waals surface area contributed by atoms with Crippen LogP contribution in [0.25, 0.3) is 0 Å². The van der Waals surface area contributed by atoms with Gasteiger partial charge in [0.15, 0.2) is 5.79 Å². The van der Waals surface area contributed by atoms with Crippen molar-refractivity contribution in [3.05, 3.63) is 0 Å². The molecule has 2 aliphatic rings. The van der Waals surface area contributed by atoms with Crippen molar-refractivity contribution in [1.29, 1.82) is 0 Å². The fourth-order valence-electron chi connectivity index (χ4n) is 1.99. The highest BCUT2D eigenvalue weighted by atomic mass is 16.7. The molecule has 0 N–H and O–H groups in total. The van der Waals surface area contributed by atoms with Crippen LogP contribution in [0.15, 0.2) is 0 Å². The van der Waals surface area contributed by atoms with Gasteiger partial charge in [-0.15, -0.1) is 0 Å². The van der Waals surface area contributed by atoms with Gasteiger partial charge in [-0.3, -0.25) is 0 Å². The van der Waals surface area contributed by atoms with Gasteiger partial charge in [0.1, 0.15) is 0 Å². The molecule has 0 aromatic heterocycles. The third kappa shape index (κ3) is 1.42. The van der Waals surface area contributed by atoms with Gasteiger partial charge in [-0.25, -0.2) is 0 Å². The Kier molecular flexibility index (Phi) is 1.90. The molecule has 0 aromatic rings. The van der Waals surface area contributed by atoms with E-state index in [0.717, 1.165) is 32.0 Å². The van der Waals surface area contributed by atoms with Crippen LogP contribution in [0.1, 0.15) is 32.6 Å². The number of hydrogen-bond acceptors (Lipinski definition) is 2. The van der Waals surface area contributed by atoms with Gasteiger partial charge in [-0.1, -0.05) is 6.92 Å². The van der Waals surface area contributed by atoms with Gasteiger partial charge in [-0.05, 0) is 18.8 Å². The average Bonchev–Trinajstić information content (AvgIpc) is 2.45. The van der Waals surface area contributed by atoms with Gasteiger partial charge in [0.2, 0.25) is 0 Å². The molecule has 1 spiro atoms. The fraction of sp³-hybridized carbons (Fsp3) is 1.00. The molecule has 0 radical (unpaired) electrons. The lowest BCUT2D eigenvalue weighted by atomic mass is 9.86. The van der Waals surface area contributed by atoms with Gasteiger partial charge in [0.25, 0.3) is 0 Å². The maximum absolute atomic E-state index is 5.61. The monoisotopic (exact) mass is 156 g/mol. The van der Waals surface area contributed by atoms with Gasteiger partial charge in [0.05, 0.1) is 13.2 Å². The molecule has 2 nitrogen and oxygen atoms in total. The van der Waals surface area contributed by atoms with E-state index in [1.807, 2.05) is 0 Å². The third-order valence-electron chi connectivity index (χ3n) is 2.85. The minimum atomic E-state index is -0.146. The lowest BCUT2D eigenvalue weighted by Gasteiger charge is -2.33. The lowest BCUT2D eigenvalue weighted by Crippen LogP contribution is -2.34. The molecule has 1 aliphatic carbocycles. The molecule has 2 rings (SSSR count). The van der Waals surface area contributed by atoms with E-state index in [9.17, 15) is 0 Å². The zero-order valence-electron chi connectivity index (χ0n) is 7.14. The van der Waals surface area contributed by atoms with Crippen LogP contribution in [-0.2, 0) is 9.47 Å². The van der Waals surface area contributed by atoms with Gasteiger partial charge in [-0.2, -0.15) is 0 Å². The van der Waals surface area contributed by atoms with E-state index in [1.165, 1.54) is 12.8 Å². The van der Waals surface area contributed by atoms with Crippen molar-refractivity contribution in [3.8, 4) is 0 Å². The molecular formula is C9H16O2. The Morgan fingerprint density at radius 3 is 2.18 bits per heavy atom. The summed E-state index contributed by atoms with van der Waals surface area (Å²) in [6.07, 6.45) is 4.74. The summed E-state index contributed by atoms with van der Waals surface area (Å²) in [6.45, 7) is 3.91. The summed E-state index contributed by atoms with van der Waals surface area (Å²) < 4.78 is 11.2. The highest BCUT2D eigenvalue weighted by Gasteiger charge is 2.39. The van der Waals surface area contributed by atoms with Crippen LogP contribution in [-0.4, -0.2) is 19.0 Å². The van der Waals surface area contributed by atoms with Gasteiger partial charge in [0, 0.05) is 12.8 Å². The molecule has 64 valence electrons. The number of hydrogen-bond donors (Lipinski definition) is 0. The maximum Gasteiger partial charge on any atom is 0.168 e. The summed E-state index contributed by atoms with van der Waals surface area (Å²) in [5, 5.41) is 0. The van der Waals surface area contributed by atoms with Crippen molar-refractivity contribution in [1.82, 2.24) is 0 Å². The molecule has 0 bridgehead atoms. The van der Waals surface area contributed by atoms with Crippen molar-refractivity contribution in [2.75, 3.05) is 13.2 Å². The van der Waals surface area contributed by atoms with Crippen LogP contribution in [0.3, 0.4) is 0 Å². The molecule has 1 aliphatic heterocycles. The highest BCUT2D eigenvalue weighted by Crippen LogP contribution is 2.37. The summed E-state index contributed by atoms with van der Waals surface area (Å²) in [4.78, 5) is 0. The second-order valence-corrected chi connectivity index (χ2v) is 3.79. The first-order valence-corrected chi connectivity index (χ1v) is 4.59. The molecule has 11 heavy (non-hydrogen) atoms. The van der Waals surface area contributed by atoms with Crippen molar-refractivity contribution in [3.63, 3.8) is 0 Å². The Labute approximate surface area is 67.9 Å². The zero-order chi connectivity index (χ0) is 7.73. The van der Waals surface area contributed by atoms with Crippen molar-refractivity contribution >= 4 is 0 Å². The first-order valence-electron chi connectivity index (χ1n) is 4.59. The standard InChI is InChI=1S/C9H16O2/c1-8-2-4-9(5-3-8)10-6-7-11-9/h8H,2-7H2,1H3. The largest absolute Gasteiger partial charge is 0.348 e. The van der Waals surface area contributed by atoms with Crippen molar-refractivity contribution < 1.29 is 9.47 Å². The smallest absolute Gasteiger partial charge is 0.168 e. The Hall–Kier alpha value is -0.0800. The minimum absolute atomic E-state index is 0.146. The third-order valence-corrected chi connectivity index (χ3v) is 2.85. The molecule has 0 amide bonds. The fourth-order valence-corrected chi connectivity index (χ4v) is 1.99. The summed E-state index contributed by atoms with van der Waals surface area (Å²) >= 11 is 0. The first-order chi connectivity index (χ1) is 5.31. The predicted molar refractivity (Wildman–Crippen MR) is 42.3 cm³/mol. The molecule has 1 saturated carbocycles. The molecule has 0 unspecified atom stereocenters. The minimum Gasteiger partial charge on any atom is -0.348 e. The van der Waals surface area contributed by atoms with E-state index in [-0.39, 0.29) is 5.79 Å². The van der Waals surface area contributed by atoms with E-state index in [2.05, 4.69) is 6.92 Å². The van der Waals surface area contributed by atoms with Crippen molar-refractivity contribution in [2.45, 2.75) is 38.4 Å². The van der Waals surface area contributed by atoms with Gasteiger partial charge >= 0.3 is 0 Å². The predicted octanol–water partition coefficient (Wildman–Crippen LogP) is 1.94. The Bertz CT molecular complexity index is 128. The van der Waals surface area contributed by atoms with E-state index in [1.54, 1.807) is 0 Å². The quantitative estimate of drug-likeness (QED) is 0.533. The molecule has 0 atom stereocenters. The second kappa shape index (κ2) is 2.76. The van der Waals surface area contributed by atoms with Crippen LogP contribution in [0, 0.1) is 5.92 Å². The normalized spacial score (nSPS) is 31.4. The number of rotatable bonds is 0. The van der Waals surface area contributed by atoms with Crippen molar-refractivity contribution in [2.24, 2.45) is 5.92 Å². The topological polar surface area (TPSA) is 18.5 Å². The molecule has 1 saturated heterocycles. The molecule has 2 heteroatoms. The summed E-state index contributed by atoms with van der Waals surface area (Å²) in [7, 11) is 0. The Morgan fingerprint density at radius 1 is 1.09 bits per heavy atom. The molecular weight excluding hydrogens is 140 g/mol. The first kappa shape index (κ1) is 7.56. The van der Waals surface area contributed by atoms with Gasteiger partial charge < -0.3 is 9.47 Å². The van der Waals surface area contributed by atoms with E-state index in [0.29, 0.717) is 0 Å². The molecule has 0 aromatic carbocycles. The SMILES string of the molecule is CC1CCC2(CC1)OCCO2. The van der Waals surface area contributed by atoms with E-state index < -0.39 is 0 Å². The van der Waals surface area contributed by atoms with E-state index in [4.69, 9.17) is 9.47 Å². The van der Waals surface area contributed by atoms with Crippen LogP contribution in [0.2, 0.25) is 0 Å². The Balaban J connectivity index is 1.94. The Morgan fingerprint density at radius 2 is 1.64 bits per heavy atom.